The molecule has 0 saturated heterocycles. The zero-order valence-corrected chi connectivity index (χ0v) is 15.7. The van der Waals surface area contributed by atoms with Gasteiger partial charge in [-0.1, -0.05) is 0 Å². The minimum atomic E-state index is -0.679. The number of benzene rings is 1. The topological polar surface area (TPSA) is 117 Å². The zero-order valence-electron chi connectivity index (χ0n) is 14.8. The summed E-state index contributed by atoms with van der Waals surface area (Å²) in [7, 11) is 0. The summed E-state index contributed by atoms with van der Waals surface area (Å²) < 4.78 is 15.8. The van der Waals surface area contributed by atoms with E-state index in [4.69, 9.17) is 14.2 Å². The number of hydrogen-bond acceptors (Lipinski definition) is 8. The van der Waals surface area contributed by atoms with E-state index < -0.39 is 23.4 Å². The standard InChI is InChI=1S/C18H18N2O7S/c21-17(10-27-18(22)3-2-12-4-7-28-11-12)19-13-8-15-16(9-14(13)20(23)24)26-6-1-5-25-15/h4,7-9,11H,1-3,5-6,10H2,(H,19,21). The second-order valence-corrected chi connectivity index (χ2v) is 6.74. The summed E-state index contributed by atoms with van der Waals surface area (Å²) in [5, 5.41) is 17.6. The summed E-state index contributed by atoms with van der Waals surface area (Å²) in [6, 6.07) is 4.46. The second kappa shape index (κ2) is 9.18. The van der Waals surface area contributed by atoms with Crippen LogP contribution in [0.1, 0.15) is 18.4 Å². The molecule has 148 valence electrons. The number of fused-ring (bicyclic) bond motifs is 1. The Balaban J connectivity index is 1.58. The highest BCUT2D eigenvalue weighted by Crippen LogP contribution is 2.39. The Labute approximate surface area is 164 Å². The number of ether oxygens (including phenoxy) is 3. The van der Waals surface area contributed by atoms with Gasteiger partial charge in [0.25, 0.3) is 11.6 Å². The molecule has 3 rings (SSSR count). The van der Waals surface area contributed by atoms with Gasteiger partial charge in [-0.05, 0) is 28.8 Å². The lowest BCUT2D eigenvalue weighted by Crippen LogP contribution is -2.21. The van der Waals surface area contributed by atoms with Gasteiger partial charge in [0.05, 0.1) is 24.2 Å². The maximum Gasteiger partial charge on any atom is 0.306 e. The normalized spacial score (nSPS) is 12.7. The summed E-state index contributed by atoms with van der Waals surface area (Å²) in [5.41, 5.74) is 0.643. The maximum absolute atomic E-state index is 12.1. The predicted molar refractivity (Wildman–Crippen MR) is 101 cm³/mol. The molecule has 1 aliphatic heterocycles. The highest BCUT2D eigenvalue weighted by Gasteiger charge is 2.23. The lowest BCUT2D eigenvalue weighted by atomic mass is 10.2. The molecule has 0 fully saturated rings. The number of amides is 1. The van der Waals surface area contributed by atoms with Crippen LogP contribution in [0.4, 0.5) is 11.4 Å². The van der Waals surface area contributed by atoms with Crippen molar-refractivity contribution in [1.82, 2.24) is 0 Å². The molecule has 1 aliphatic rings. The largest absolute Gasteiger partial charge is 0.489 e. The van der Waals surface area contributed by atoms with Crippen LogP contribution in [-0.2, 0) is 20.7 Å². The molecular weight excluding hydrogens is 388 g/mol. The Morgan fingerprint density at radius 2 is 2.00 bits per heavy atom. The fourth-order valence-corrected chi connectivity index (χ4v) is 3.24. The van der Waals surface area contributed by atoms with Crippen molar-refractivity contribution >= 4 is 34.6 Å². The van der Waals surface area contributed by atoms with Crippen molar-refractivity contribution in [2.45, 2.75) is 19.3 Å². The minimum Gasteiger partial charge on any atom is -0.489 e. The van der Waals surface area contributed by atoms with E-state index in [1.165, 1.54) is 23.5 Å². The van der Waals surface area contributed by atoms with Crippen molar-refractivity contribution in [2.75, 3.05) is 25.1 Å². The summed E-state index contributed by atoms with van der Waals surface area (Å²) in [6.07, 6.45) is 1.32. The van der Waals surface area contributed by atoms with Gasteiger partial charge in [0.2, 0.25) is 0 Å². The molecule has 0 spiro atoms. The summed E-state index contributed by atoms with van der Waals surface area (Å²) >= 11 is 1.53. The van der Waals surface area contributed by atoms with E-state index >= 15 is 0 Å². The van der Waals surface area contributed by atoms with E-state index in [0.717, 1.165) is 5.56 Å². The van der Waals surface area contributed by atoms with Crippen molar-refractivity contribution in [3.63, 3.8) is 0 Å². The molecule has 0 aliphatic carbocycles. The van der Waals surface area contributed by atoms with Crippen LogP contribution < -0.4 is 14.8 Å². The molecule has 28 heavy (non-hydrogen) atoms. The van der Waals surface area contributed by atoms with Crippen LogP contribution in [0.2, 0.25) is 0 Å². The van der Waals surface area contributed by atoms with Crippen molar-refractivity contribution in [2.24, 2.45) is 0 Å². The van der Waals surface area contributed by atoms with Crippen molar-refractivity contribution in [1.29, 1.82) is 0 Å². The fraction of sp³-hybridized carbons (Fsp3) is 0.333. The van der Waals surface area contributed by atoms with Crippen LogP contribution in [0.15, 0.2) is 29.0 Å². The van der Waals surface area contributed by atoms with Gasteiger partial charge in [0.1, 0.15) is 5.69 Å². The summed E-state index contributed by atoms with van der Waals surface area (Å²) in [4.78, 5) is 34.5. The molecule has 1 aromatic carbocycles. The van der Waals surface area contributed by atoms with Crippen LogP contribution in [0, 0.1) is 10.1 Å². The number of thiophene rings is 1. The number of aryl methyl sites for hydroxylation is 1. The van der Waals surface area contributed by atoms with E-state index in [0.29, 0.717) is 31.8 Å². The molecule has 9 nitrogen and oxygen atoms in total. The van der Waals surface area contributed by atoms with E-state index in [1.54, 1.807) is 0 Å². The third-order valence-electron chi connectivity index (χ3n) is 3.90. The van der Waals surface area contributed by atoms with Crippen LogP contribution >= 0.6 is 11.3 Å². The van der Waals surface area contributed by atoms with Gasteiger partial charge < -0.3 is 19.5 Å². The first-order chi connectivity index (χ1) is 13.5. The molecule has 1 aromatic heterocycles. The zero-order chi connectivity index (χ0) is 19.9. The quantitative estimate of drug-likeness (QED) is 0.427. The van der Waals surface area contributed by atoms with Crippen molar-refractivity contribution < 1.29 is 28.7 Å². The van der Waals surface area contributed by atoms with Gasteiger partial charge in [-0.3, -0.25) is 19.7 Å². The van der Waals surface area contributed by atoms with Gasteiger partial charge in [0, 0.05) is 18.9 Å². The molecule has 0 bridgehead atoms. The smallest absolute Gasteiger partial charge is 0.306 e. The molecule has 0 atom stereocenters. The molecular formula is C18H18N2O7S. The number of hydrogen-bond donors (Lipinski definition) is 1. The van der Waals surface area contributed by atoms with Gasteiger partial charge in [-0.15, -0.1) is 0 Å². The molecule has 1 N–H and O–H groups in total. The number of anilines is 1. The number of nitrogens with zero attached hydrogens (tertiary/aromatic N) is 1. The van der Waals surface area contributed by atoms with Gasteiger partial charge in [0.15, 0.2) is 18.1 Å². The number of rotatable bonds is 7. The van der Waals surface area contributed by atoms with E-state index in [2.05, 4.69) is 5.32 Å². The summed E-state index contributed by atoms with van der Waals surface area (Å²) in [5.74, 6) is -0.635. The predicted octanol–water partition coefficient (Wildman–Crippen LogP) is 2.93. The molecule has 0 radical (unpaired) electrons. The fourth-order valence-electron chi connectivity index (χ4n) is 2.53. The third kappa shape index (κ3) is 5.19. The Morgan fingerprint density at radius 1 is 1.25 bits per heavy atom. The van der Waals surface area contributed by atoms with Gasteiger partial charge in [-0.2, -0.15) is 11.3 Å². The lowest BCUT2D eigenvalue weighted by molar-refractivity contribution is -0.384. The Morgan fingerprint density at radius 3 is 2.68 bits per heavy atom. The molecule has 0 unspecified atom stereocenters. The first-order valence-electron chi connectivity index (χ1n) is 8.57. The van der Waals surface area contributed by atoms with Crippen LogP contribution in [0.3, 0.4) is 0 Å². The summed E-state index contributed by atoms with van der Waals surface area (Å²) in [6.45, 7) is 0.255. The molecule has 2 aromatic rings. The number of carbonyl (C=O) groups excluding carboxylic acids is 2. The highest BCUT2D eigenvalue weighted by atomic mass is 32.1. The third-order valence-corrected chi connectivity index (χ3v) is 4.63. The Bertz CT molecular complexity index is 867. The maximum atomic E-state index is 12.1. The number of nitrogens with one attached hydrogen (secondary N) is 1. The number of nitro benzene ring substituents is 1. The number of nitro groups is 1. The Hall–Kier alpha value is -3.14. The van der Waals surface area contributed by atoms with Crippen molar-refractivity contribution in [3.05, 3.63) is 44.6 Å². The van der Waals surface area contributed by atoms with Crippen LogP contribution in [0.5, 0.6) is 11.5 Å². The van der Waals surface area contributed by atoms with Crippen LogP contribution in [0.25, 0.3) is 0 Å². The SMILES string of the molecule is O=C(COC(=O)CCc1ccsc1)Nc1cc2c(cc1[N+](=O)[O-])OCCCO2. The second-order valence-electron chi connectivity index (χ2n) is 5.96. The number of carbonyl (C=O) groups is 2. The first kappa shape index (κ1) is 19.6. The van der Waals surface area contributed by atoms with E-state index in [1.807, 2.05) is 16.8 Å². The first-order valence-corrected chi connectivity index (χ1v) is 9.52. The lowest BCUT2D eigenvalue weighted by Gasteiger charge is -2.11. The molecule has 2 heterocycles. The van der Waals surface area contributed by atoms with Crippen molar-refractivity contribution in [3.8, 4) is 11.5 Å². The van der Waals surface area contributed by atoms with Gasteiger partial charge >= 0.3 is 5.97 Å². The molecule has 1 amide bonds. The highest BCUT2D eigenvalue weighted by molar-refractivity contribution is 7.07. The van der Waals surface area contributed by atoms with Gasteiger partial charge in [-0.25, -0.2) is 0 Å². The Kier molecular flexibility index (Phi) is 6.43. The number of esters is 1. The van der Waals surface area contributed by atoms with E-state index in [9.17, 15) is 19.7 Å². The van der Waals surface area contributed by atoms with Crippen LogP contribution in [-0.4, -0.2) is 36.6 Å². The monoisotopic (exact) mass is 406 g/mol. The average molecular weight is 406 g/mol. The minimum absolute atomic E-state index is 0.0476. The molecule has 0 saturated carbocycles. The molecule has 10 heteroatoms. The average Bonchev–Trinajstić information content (AvgIpc) is 3.09. The van der Waals surface area contributed by atoms with E-state index in [-0.39, 0.29) is 23.5 Å².